The summed E-state index contributed by atoms with van der Waals surface area (Å²) in [5.74, 6) is 1.23. The number of hydrogen-bond acceptors (Lipinski definition) is 4. The van der Waals surface area contributed by atoms with E-state index >= 15 is 0 Å². The van der Waals surface area contributed by atoms with Crippen molar-refractivity contribution in [3.8, 4) is 17.2 Å². The molecule has 0 saturated carbocycles. The molecule has 2 aromatic rings. The monoisotopic (exact) mass is 428 g/mol. The van der Waals surface area contributed by atoms with Gasteiger partial charge in [-0.25, -0.2) is 4.79 Å². The number of benzene rings is 2. The summed E-state index contributed by atoms with van der Waals surface area (Å²) < 4.78 is 53.8. The van der Waals surface area contributed by atoms with Crippen molar-refractivity contribution in [2.45, 2.75) is 25.6 Å². The molecule has 1 atom stereocenters. The zero-order chi connectivity index (χ0) is 21.3. The van der Waals surface area contributed by atoms with E-state index in [2.05, 4.69) is 0 Å². The highest BCUT2D eigenvalue weighted by Crippen LogP contribution is 2.31. The summed E-state index contributed by atoms with van der Waals surface area (Å²) in [7, 11) is 0. The lowest BCUT2D eigenvalue weighted by atomic mass is 10.2. The van der Waals surface area contributed by atoms with Crippen LogP contribution in [0.25, 0.3) is 0 Å². The van der Waals surface area contributed by atoms with E-state index in [-0.39, 0.29) is 18.5 Å². The van der Waals surface area contributed by atoms with Crippen LogP contribution in [-0.4, -0.2) is 24.6 Å². The summed E-state index contributed by atoms with van der Waals surface area (Å²) in [4.78, 5) is 11.5. The lowest BCUT2D eigenvalue weighted by Crippen LogP contribution is -2.10. The van der Waals surface area contributed by atoms with Crippen LogP contribution in [0.1, 0.15) is 18.9 Å². The van der Waals surface area contributed by atoms with Crippen LogP contribution in [0, 0.1) is 0 Å². The first-order valence-corrected chi connectivity index (χ1v) is 9.34. The number of rotatable bonds is 9. The largest absolute Gasteiger partial charge is 0.487 e. The van der Waals surface area contributed by atoms with Crippen molar-refractivity contribution in [2.24, 2.45) is 0 Å². The summed E-state index contributed by atoms with van der Waals surface area (Å²) in [6, 6.07) is 11.0. The molecule has 8 heteroatoms. The second kappa shape index (κ2) is 10.8. The molecule has 0 amide bonds. The first-order chi connectivity index (χ1) is 13.8. The molecule has 0 radical (unpaired) electrons. The first kappa shape index (κ1) is 22.6. The molecule has 0 fully saturated rings. The summed E-state index contributed by atoms with van der Waals surface area (Å²) in [6.07, 6.45) is -1.31. The maximum atomic E-state index is 12.6. The van der Waals surface area contributed by atoms with Gasteiger partial charge in [-0.1, -0.05) is 0 Å². The molecule has 0 aliphatic carbocycles. The molecule has 0 N–H and O–H groups in total. The van der Waals surface area contributed by atoms with Crippen LogP contribution in [0.5, 0.6) is 17.2 Å². The Kier molecular flexibility index (Phi) is 8.39. The van der Waals surface area contributed by atoms with Crippen molar-refractivity contribution in [3.05, 3.63) is 66.2 Å². The van der Waals surface area contributed by atoms with E-state index in [1.165, 1.54) is 18.2 Å². The van der Waals surface area contributed by atoms with Gasteiger partial charge < -0.3 is 14.2 Å². The fraction of sp³-hybridized carbons (Fsp3) is 0.286. The van der Waals surface area contributed by atoms with Gasteiger partial charge in [0.2, 0.25) is 0 Å². The van der Waals surface area contributed by atoms with Gasteiger partial charge in [-0.15, -0.1) is 11.6 Å². The fourth-order valence-electron chi connectivity index (χ4n) is 2.18. The van der Waals surface area contributed by atoms with Gasteiger partial charge in [-0.2, -0.15) is 13.2 Å². The second-order valence-electron chi connectivity index (χ2n) is 5.99. The molecule has 0 saturated heterocycles. The Balaban J connectivity index is 1.85. The Hall–Kier alpha value is -2.67. The Morgan fingerprint density at radius 1 is 1.03 bits per heavy atom. The Morgan fingerprint density at radius 3 is 2.14 bits per heavy atom. The van der Waals surface area contributed by atoms with Crippen LogP contribution in [0.4, 0.5) is 13.2 Å². The van der Waals surface area contributed by atoms with Crippen LogP contribution in [0.3, 0.4) is 0 Å². The number of ether oxygens (including phenoxy) is 3. The van der Waals surface area contributed by atoms with Gasteiger partial charge in [-0.05, 0) is 68.0 Å². The van der Waals surface area contributed by atoms with Gasteiger partial charge in [0, 0.05) is 12.0 Å². The maximum absolute atomic E-state index is 12.6. The lowest BCUT2D eigenvalue weighted by molar-refractivity contribution is -0.138. The molecule has 2 rings (SSSR count). The van der Waals surface area contributed by atoms with E-state index in [0.29, 0.717) is 23.8 Å². The number of halogens is 4. The minimum atomic E-state index is -4.39. The van der Waals surface area contributed by atoms with E-state index in [4.69, 9.17) is 25.8 Å². The average Bonchev–Trinajstić information content (AvgIpc) is 2.68. The molecule has 1 unspecified atom stereocenters. The highest BCUT2D eigenvalue weighted by atomic mass is 35.5. The third-order valence-corrected chi connectivity index (χ3v) is 3.86. The standard InChI is InChI=1S/C21H20ClF3O4/c1-15(3-12-20(26)27-14-2-13-22)28-17-8-10-19(11-9-17)29-18-6-4-16(5-7-18)21(23,24)25/h3-12,15H,2,13-14H2,1H3/b12-3+. The first-order valence-electron chi connectivity index (χ1n) is 8.80. The number of carbonyl (C=O) groups is 1. The Labute approximate surface area is 171 Å². The van der Waals surface area contributed by atoms with Gasteiger partial charge in [0.05, 0.1) is 12.2 Å². The van der Waals surface area contributed by atoms with Crippen LogP contribution >= 0.6 is 11.6 Å². The molecule has 0 spiro atoms. The van der Waals surface area contributed by atoms with Gasteiger partial charge in [0.1, 0.15) is 23.4 Å². The van der Waals surface area contributed by atoms with Gasteiger partial charge >= 0.3 is 12.1 Å². The number of hydrogen-bond donors (Lipinski definition) is 0. The van der Waals surface area contributed by atoms with Crippen LogP contribution in [0.15, 0.2) is 60.7 Å². The molecule has 4 nitrogen and oxygen atoms in total. The molecule has 0 heterocycles. The normalized spacial score (nSPS) is 12.6. The van der Waals surface area contributed by atoms with Crippen molar-refractivity contribution in [3.63, 3.8) is 0 Å². The summed E-state index contributed by atoms with van der Waals surface area (Å²) >= 11 is 5.50. The molecule has 0 aliphatic rings. The smallest absolute Gasteiger partial charge is 0.416 e. The molecule has 2 aromatic carbocycles. The molecule has 156 valence electrons. The second-order valence-corrected chi connectivity index (χ2v) is 6.37. The predicted molar refractivity (Wildman–Crippen MR) is 103 cm³/mol. The molecule has 0 aliphatic heterocycles. The van der Waals surface area contributed by atoms with Gasteiger partial charge in [0.15, 0.2) is 0 Å². The summed E-state index contributed by atoms with van der Waals surface area (Å²) in [6.45, 7) is 2.03. The van der Waals surface area contributed by atoms with E-state index in [0.717, 1.165) is 12.1 Å². The van der Waals surface area contributed by atoms with Gasteiger partial charge in [0.25, 0.3) is 0 Å². The van der Waals surface area contributed by atoms with Crippen molar-refractivity contribution < 1.29 is 32.2 Å². The van der Waals surface area contributed by atoms with Crippen LogP contribution in [-0.2, 0) is 15.7 Å². The summed E-state index contributed by atoms with van der Waals surface area (Å²) in [5.41, 5.74) is -0.737. The van der Waals surface area contributed by atoms with E-state index in [1.807, 2.05) is 0 Å². The molecular formula is C21H20ClF3O4. The minimum absolute atomic E-state index is 0.266. The van der Waals surface area contributed by atoms with Crippen molar-refractivity contribution in [2.75, 3.05) is 12.5 Å². The average molecular weight is 429 g/mol. The quantitative estimate of drug-likeness (QED) is 0.213. The number of alkyl halides is 4. The third kappa shape index (κ3) is 8.07. The van der Waals surface area contributed by atoms with Crippen molar-refractivity contribution in [1.29, 1.82) is 0 Å². The zero-order valence-electron chi connectivity index (χ0n) is 15.6. The molecular weight excluding hydrogens is 409 g/mol. The SMILES string of the molecule is CC(/C=C/C(=O)OCCCCl)Oc1ccc(Oc2ccc(C(F)(F)F)cc2)cc1. The van der Waals surface area contributed by atoms with E-state index < -0.39 is 17.7 Å². The highest BCUT2D eigenvalue weighted by molar-refractivity contribution is 6.17. The molecule has 29 heavy (non-hydrogen) atoms. The summed E-state index contributed by atoms with van der Waals surface area (Å²) in [5, 5.41) is 0. The van der Waals surface area contributed by atoms with Crippen LogP contribution < -0.4 is 9.47 Å². The predicted octanol–water partition coefficient (Wildman–Crippen LogP) is 5.99. The number of esters is 1. The highest BCUT2D eigenvalue weighted by Gasteiger charge is 2.30. The zero-order valence-corrected chi connectivity index (χ0v) is 16.4. The lowest BCUT2D eigenvalue weighted by Gasteiger charge is -2.12. The fourth-order valence-corrected chi connectivity index (χ4v) is 2.29. The van der Waals surface area contributed by atoms with Crippen molar-refractivity contribution >= 4 is 17.6 Å². The number of carbonyl (C=O) groups excluding carboxylic acids is 1. The Bertz CT molecular complexity index is 802. The minimum Gasteiger partial charge on any atom is -0.487 e. The third-order valence-electron chi connectivity index (χ3n) is 3.59. The van der Waals surface area contributed by atoms with Gasteiger partial charge in [-0.3, -0.25) is 0 Å². The molecule has 0 bridgehead atoms. The maximum Gasteiger partial charge on any atom is 0.416 e. The Morgan fingerprint density at radius 2 is 1.59 bits per heavy atom. The van der Waals surface area contributed by atoms with E-state index in [1.54, 1.807) is 37.3 Å². The topological polar surface area (TPSA) is 44.8 Å². The molecule has 0 aromatic heterocycles. The van der Waals surface area contributed by atoms with Crippen LogP contribution in [0.2, 0.25) is 0 Å². The van der Waals surface area contributed by atoms with Crippen molar-refractivity contribution in [1.82, 2.24) is 0 Å². The van der Waals surface area contributed by atoms with E-state index in [9.17, 15) is 18.0 Å².